The van der Waals surface area contributed by atoms with Gasteiger partial charge in [-0.15, -0.1) is 0 Å². The lowest BCUT2D eigenvalue weighted by Gasteiger charge is -2.18. The molecular formula is C13H17NO5S. The standard InChI is InChI=1S/C13H17NO5S/c1-7(15)20-3-2-11(16)12(17)8-4-9(13(18)19)6-10(14)5-8/h4-6,11-12,16-17H,2-3,14H2,1H3,(H,18,19). The number of hydrogen-bond acceptors (Lipinski definition) is 6. The fourth-order valence-corrected chi connectivity index (χ4v) is 2.32. The predicted octanol–water partition coefficient (Wildman–Crippen LogP) is 1.03. The number of nitrogens with two attached hydrogens (primary N) is 1. The molecule has 1 aromatic rings. The van der Waals surface area contributed by atoms with Crippen LogP contribution in [0, 0.1) is 0 Å². The van der Waals surface area contributed by atoms with Gasteiger partial charge in [-0.2, -0.15) is 0 Å². The Morgan fingerprint density at radius 3 is 2.50 bits per heavy atom. The number of aliphatic hydroxyl groups is 2. The summed E-state index contributed by atoms with van der Waals surface area (Å²) in [5.41, 5.74) is 5.96. The number of anilines is 1. The Hall–Kier alpha value is -1.57. The van der Waals surface area contributed by atoms with Crippen LogP contribution >= 0.6 is 11.8 Å². The molecule has 1 rings (SSSR count). The van der Waals surface area contributed by atoms with Gasteiger partial charge in [0.2, 0.25) is 0 Å². The molecule has 0 amide bonds. The average molecular weight is 299 g/mol. The smallest absolute Gasteiger partial charge is 0.335 e. The van der Waals surface area contributed by atoms with Crippen LogP contribution in [0.2, 0.25) is 0 Å². The lowest BCUT2D eigenvalue weighted by Crippen LogP contribution is -2.20. The van der Waals surface area contributed by atoms with E-state index in [1.165, 1.54) is 25.1 Å². The minimum absolute atomic E-state index is 0.0515. The molecule has 0 aromatic heterocycles. The molecule has 0 fully saturated rings. The summed E-state index contributed by atoms with van der Waals surface area (Å²) in [6.07, 6.45) is -2.13. The lowest BCUT2D eigenvalue weighted by molar-refractivity contribution is -0.109. The Balaban J connectivity index is 2.77. The minimum Gasteiger partial charge on any atom is -0.478 e. The van der Waals surface area contributed by atoms with Crippen LogP contribution in [0.3, 0.4) is 0 Å². The van der Waals surface area contributed by atoms with Gasteiger partial charge in [0.05, 0.1) is 11.7 Å². The summed E-state index contributed by atoms with van der Waals surface area (Å²) in [7, 11) is 0. The van der Waals surface area contributed by atoms with Crippen LogP contribution in [-0.2, 0) is 4.79 Å². The number of hydrogen-bond donors (Lipinski definition) is 4. The van der Waals surface area contributed by atoms with E-state index in [2.05, 4.69) is 0 Å². The maximum Gasteiger partial charge on any atom is 0.335 e. The van der Waals surface area contributed by atoms with Crippen LogP contribution in [0.1, 0.15) is 35.4 Å². The highest BCUT2D eigenvalue weighted by molar-refractivity contribution is 8.13. The van der Waals surface area contributed by atoms with Crippen LogP contribution in [0.4, 0.5) is 5.69 Å². The Labute approximate surface area is 120 Å². The van der Waals surface area contributed by atoms with E-state index in [9.17, 15) is 19.8 Å². The second-order valence-electron chi connectivity index (χ2n) is 4.33. The Kier molecular flexibility index (Phi) is 6.00. The van der Waals surface area contributed by atoms with E-state index < -0.39 is 18.2 Å². The number of aliphatic hydroxyl groups excluding tert-OH is 2. The van der Waals surface area contributed by atoms with E-state index in [0.29, 0.717) is 5.75 Å². The maximum absolute atomic E-state index is 10.9. The summed E-state index contributed by atoms with van der Waals surface area (Å²) in [4.78, 5) is 21.7. The van der Waals surface area contributed by atoms with Crippen molar-refractivity contribution in [3.05, 3.63) is 29.3 Å². The highest BCUT2D eigenvalue weighted by Crippen LogP contribution is 2.24. The normalized spacial score (nSPS) is 13.8. The second kappa shape index (κ2) is 7.28. The summed E-state index contributed by atoms with van der Waals surface area (Å²) in [5, 5.41) is 28.7. The fourth-order valence-electron chi connectivity index (χ4n) is 1.67. The molecule has 0 spiro atoms. The van der Waals surface area contributed by atoms with Gasteiger partial charge < -0.3 is 21.1 Å². The average Bonchev–Trinajstić information content (AvgIpc) is 2.36. The third kappa shape index (κ3) is 4.84. The van der Waals surface area contributed by atoms with Gasteiger partial charge >= 0.3 is 5.97 Å². The van der Waals surface area contributed by atoms with Gasteiger partial charge in [0, 0.05) is 18.4 Å². The van der Waals surface area contributed by atoms with Crippen LogP contribution in [-0.4, -0.2) is 38.3 Å². The molecule has 2 atom stereocenters. The largest absolute Gasteiger partial charge is 0.478 e. The van der Waals surface area contributed by atoms with Crippen molar-refractivity contribution in [3.8, 4) is 0 Å². The van der Waals surface area contributed by atoms with E-state index >= 15 is 0 Å². The van der Waals surface area contributed by atoms with Crippen molar-refractivity contribution in [2.45, 2.75) is 25.6 Å². The van der Waals surface area contributed by atoms with Gasteiger partial charge in [-0.1, -0.05) is 11.8 Å². The summed E-state index contributed by atoms with van der Waals surface area (Å²) < 4.78 is 0. The number of carboxylic acid groups (broad SMARTS) is 1. The van der Waals surface area contributed by atoms with E-state index in [-0.39, 0.29) is 28.4 Å². The zero-order valence-corrected chi connectivity index (χ0v) is 11.8. The molecule has 0 aliphatic heterocycles. The SMILES string of the molecule is CC(=O)SCCC(O)C(O)c1cc(N)cc(C(=O)O)c1. The summed E-state index contributed by atoms with van der Waals surface area (Å²) in [6.45, 7) is 1.42. The maximum atomic E-state index is 10.9. The van der Waals surface area contributed by atoms with Crippen LogP contribution < -0.4 is 5.73 Å². The van der Waals surface area contributed by atoms with Crippen molar-refractivity contribution in [2.24, 2.45) is 0 Å². The quantitative estimate of drug-likeness (QED) is 0.579. The van der Waals surface area contributed by atoms with E-state index in [1.807, 2.05) is 0 Å². The number of aromatic carboxylic acids is 1. The first-order chi connectivity index (χ1) is 9.31. The topological polar surface area (TPSA) is 121 Å². The molecule has 6 nitrogen and oxygen atoms in total. The van der Waals surface area contributed by atoms with Gasteiger partial charge in [-0.3, -0.25) is 4.79 Å². The molecule has 5 N–H and O–H groups in total. The first-order valence-corrected chi connectivity index (χ1v) is 6.93. The first kappa shape index (κ1) is 16.5. The van der Waals surface area contributed by atoms with Crippen molar-refractivity contribution in [1.82, 2.24) is 0 Å². The van der Waals surface area contributed by atoms with Crippen molar-refractivity contribution in [1.29, 1.82) is 0 Å². The lowest BCUT2D eigenvalue weighted by atomic mass is 10.00. The Morgan fingerprint density at radius 1 is 1.30 bits per heavy atom. The second-order valence-corrected chi connectivity index (χ2v) is 5.61. The summed E-state index contributed by atoms with van der Waals surface area (Å²) in [6, 6.07) is 3.96. The van der Waals surface area contributed by atoms with E-state index in [1.54, 1.807) is 0 Å². The molecule has 0 bridgehead atoms. The van der Waals surface area contributed by atoms with E-state index in [0.717, 1.165) is 11.8 Å². The van der Waals surface area contributed by atoms with Gasteiger partial charge in [0.15, 0.2) is 5.12 Å². The number of benzene rings is 1. The highest BCUT2D eigenvalue weighted by atomic mass is 32.2. The molecule has 0 saturated heterocycles. The molecule has 0 saturated carbocycles. The third-order valence-corrected chi connectivity index (χ3v) is 3.50. The Morgan fingerprint density at radius 2 is 1.95 bits per heavy atom. The van der Waals surface area contributed by atoms with Gasteiger partial charge in [0.25, 0.3) is 0 Å². The molecule has 7 heteroatoms. The Bertz CT molecular complexity index is 506. The van der Waals surface area contributed by atoms with Gasteiger partial charge in [0.1, 0.15) is 6.10 Å². The van der Waals surface area contributed by atoms with Crippen LogP contribution in [0.5, 0.6) is 0 Å². The minimum atomic E-state index is -1.25. The van der Waals surface area contributed by atoms with Gasteiger partial charge in [-0.25, -0.2) is 4.79 Å². The summed E-state index contributed by atoms with van der Waals surface area (Å²) in [5.74, 6) is -0.783. The molecule has 110 valence electrons. The number of rotatable bonds is 6. The molecule has 1 aromatic carbocycles. The number of nitrogen functional groups attached to an aromatic ring is 1. The van der Waals surface area contributed by atoms with Crippen molar-refractivity contribution < 1.29 is 24.9 Å². The first-order valence-electron chi connectivity index (χ1n) is 5.94. The monoisotopic (exact) mass is 299 g/mol. The van der Waals surface area contributed by atoms with Crippen LogP contribution in [0.15, 0.2) is 18.2 Å². The molecule has 2 unspecified atom stereocenters. The fraction of sp³-hybridized carbons (Fsp3) is 0.385. The van der Waals surface area contributed by atoms with Gasteiger partial charge in [-0.05, 0) is 30.2 Å². The molecule has 0 heterocycles. The molecule has 0 aliphatic rings. The number of carbonyl (C=O) groups is 2. The van der Waals surface area contributed by atoms with Crippen molar-refractivity contribution >= 4 is 28.5 Å². The summed E-state index contributed by atoms with van der Waals surface area (Å²) >= 11 is 1.05. The van der Waals surface area contributed by atoms with Crippen molar-refractivity contribution in [2.75, 3.05) is 11.5 Å². The third-order valence-electron chi connectivity index (χ3n) is 2.65. The van der Waals surface area contributed by atoms with E-state index in [4.69, 9.17) is 10.8 Å². The zero-order chi connectivity index (χ0) is 15.3. The molecule has 0 radical (unpaired) electrons. The number of carboxylic acids is 1. The number of carbonyl (C=O) groups excluding carboxylic acids is 1. The zero-order valence-electron chi connectivity index (χ0n) is 10.9. The number of thioether (sulfide) groups is 1. The van der Waals surface area contributed by atoms with Crippen molar-refractivity contribution in [3.63, 3.8) is 0 Å². The molecule has 20 heavy (non-hydrogen) atoms. The highest BCUT2D eigenvalue weighted by Gasteiger charge is 2.20. The molecular weight excluding hydrogens is 282 g/mol. The molecule has 0 aliphatic carbocycles. The van der Waals surface area contributed by atoms with Crippen LogP contribution in [0.25, 0.3) is 0 Å². The predicted molar refractivity (Wildman–Crippen MR) is 76.5 cm³/mol.